The first-order valence-corrected chi connectivity index (χ1v) is 5.83. The van der Waals surface area contributed by atoms with Crippen LogP contribution in [0.15, 0.2) is 6.07 Å². The van der Waals surface area contributed by atoms with Gasteiger partial charge < -0.3 is 19.5 Å². The molecule has 1 aromatic rings. The van der Waals surface area contributed by atoms with Gasteiger partial charge in [0.25, 0.3) is 0 Å². The Kier molecular flexibility index (Phi) is 3.71. The van der Waals surface area contributed by atoms with Gasteiger partial charge in [0, 0.05) is 32.5 Å². The number of carbonyl (C=O) groups is 2. The van der Waals surface area contributed by atoms with Gasteiger partial charge in [0.15, 0.2) is 11.5 Å². The van der Waals surface area contributed by atoms with Crippen molar-refractivity contribution in [3.05, 3.63) is 17.2 Å². The van der Waals surface area contributed by atoms with Gasteiger partial charge in [-0.1, -0.05) is 0 Å². The zero-order valence-corrected chi connectivity index (χ0v) is 11.0. The number of ether oxygens (including phenoxy) is 3. The maximum Gasteiger partial charge on any atom is 0.308 e. The predicted octanol–water partition coefficient (Wildman–Crippen LogP) is 1.15. The largest absolute Gasteiger partial charge is 0.493 e. The molecule has 0 bridgehead atoms. The Morgan fingerprint density at radius 2 is 1.74 bits per heavy atom. The summed E-state index contributed by atoms with van der Waals surface area (Å²) in [7, 11) is 1.47. The topological polar surface area (TPSA) is 73.9 Å². The summed E-state index contributed by atoms with van der Waals surface area (Å²) in [6, 6.07) is 1.78. The van der Waals surface area contributed by atoms with E-state index in [9.17, 15) is 9.59 Å². The van der Waals surface area contributed by atoms with Crippen molar-refractivity contribution in [2.24, 2.45) is 0 Å². The summed E-state index contributed by atoms with van der Waals surface area (Å²) < 4.78 is 15.5. The zero-order chi connectivity index (χ0) is 14.0. The van der Waals surface area contributed by atoms with Gasteiger partial charge in [0.1, 0.15) is 0 Å². The molecular formula is C13H15NO5. The van der Waals surface area contributed by atoms with Crippen LogP contribution in [0, 0.1) is 0 Å². The number of benzene rings is 1. The van der Waals surface area contributed by atoms with Gasteiger partial charge >= 0.3 is 11.9 Å². The van der Waals surface area contributed by atoms with Crippen molar-refractivity contribution in [1.29, 1.82) is 0 Å². The van der Waals surface area contributed by atoms with Crippen LogP contribution in [0.1, 0.15) is 25.0 Å². The van der Waals surface area contributed by atoms with Gasteiger partial charge in [0.2, 0.25) is 5.75 Å². The third kappa shape index (κ3) is 2.68. The van der Waals surface area contributed by atoms with E-state index in [1.165, 1.54) is 21.0 Å². The van der Waals surface area contributed by atoms with Crippen LogP contribution in [0.4, 0.5) is 0 Å². The molecule has 0 atom stereocenters. The molecule has 1 N–H and O–H groups in total. The molecule has 6 nitrogen and oxygen atoms in total. The van der Waals surface area contributed by atoms with Crippen LogP contribution in [0.2, 0.25) is 0 Å². The van der Waals surface area contributed by atoms with E-state index in [4.69, 9.17) is 14.2 Å². The number of rotatable bonds is 3. The number of hydrogen-bond donors (Lipinski definition) is 1. The third-order valence-electron chi connectivity index (χ3n) is 2.73. The second-order valence-corrected chi connectivity index (χ2v) is 4.17. The van der Waals surface area contributed by atoms with Crippen LogP contribution >= 0.6 is 0 Å². The van der Waals surface area contributed by atoms with Gasteiger partial charge in [-0.05, 0) is 11.6 Å². The summed E-state index contributed by atoms with van der Waals surface area (Å²) in [5, 5.41) is 3.15. The number of esters is 2. The van der Waals surface area contributed by atoms with E-state index in [1.807, 2.05) is 0 Å². The molecule has 1 aromatic carbocycles. The van der Waals surface area contributed by atoms with Crippen molar-refractivity contribution < 1.29 is 23.8 Å². The summed E-state index contributed by atoms with van der Waals surface area (Å²) >= 11 is 0. The second-order valence-electron chi connectivity index (χ2n) is 4.17. The highest BCUT2D eigenvalue weighted by molar-refractivity contribution is 5.77. The van der Waals surface area contributed by atoms with E-state index in [1.54, 1.807) is 6.07 Å². The SMILES string of the molecule is COc1cc2c(c(OC(C)=O)c1OC(C)=O)CNC2. The Morgan fingerprint density at radius 1 is 1.11 bits per heavy atom. The lowest BCUT2D eigenvalue weighted by Crippen LogP contribution is -2.10. The Bertz CT molecular complexity index is 538. The van der Waals surface area contributed by atoms with Gasteiger partial charge in [0.05, 0.1) is 7.11 Å². The van der Waals surface area contributed by atoms with E-state index in [0.717, 1.165) is 11.1 Å². The third-order valence-corrected chi connectivity index (χ3v) is 2.73. The van der Waals surface area contributed by atoms with Crippen LogP contribution in [0.5, 0.6) is 17.2 Å². The molecule has 1 aliphatic rings. The molecule has 6 heteroatoms. The fourth-order valence-corrected chi connectivity index (χ4v) is 2.02. The monoisotopic (exact) mass is 265 g/mol. The standard InChI is InChI=1S/C13H15NO5/c1-7(15)18-12-10-6-14-5-9(10)4-11(17-3)13(12)19-8(2)16/h4,14H,5-6H2,1-3H3. The Balaban J connectivity index is 2.59. The number of nitrogens with one attached hydrogen (secondary N) is 1. The van der Waals surface area contributed by atoms with E-state index >= 15 is 0 Å². The van der Waals surface area contributed by atoms with Crippen LogP contribution in [-0.4, -0.2) is 19.0 Å². The van der Waals surface area contributed by atoms with Crippen molar-refractivity contribution in [2.75, 3.05) is 7.11 Å². The van der Waals surface area contributed by atoms with Gasteiger partial charge in [-0.15, -0.1) is 0 Å². The maximum atomic E-state index is 11.2. The summed E-state index contributed by atoms with van der Waals surface area (Å²) in [5.74, 6) is -0.211. The molecule has 0 fully saturated rings. The van der Waals surface area contributed by atoms with Gasteiger partial charge in [-0.2, -0.15) is 0 Å². The summed E-state index contributed by atoms with van der Waals surface area (Å²) in [6.07, 6.45) is 0. The lowest BCUT2D eigenvalue weighted by molar-refractivity contribution is -0.134. The van der Waals surface area contributed by atoms with E-state index in [-0.39, 0.29) is 11.5 Å². The highest BCUT2D eigenvalue weighted by atomic mass is 16.6. The molecule has 0 spiro atoms. The van der Waals surface area contributed by atoms with E-state index < -0.39 is 11.9 Å². The molecule has 102 valence electrons. The highest BCUT2D eigenvalue weighted by Crippen LogP contribution is 2.44. The molecule has 0 aliphatic carbocycles. The predicted molar refractivity (Wildman–Crippen MR) is 66.2 cm³/mol. The molecule has 0 aromatic heterocycles. The molecular weight excluding hydrogens is 250 g/mol. The lowest BCUT2D eigenvalue weighted by atomic mass is 10.1. The molecule has 1 aliphatic heterocycles. The molecule has 0 amide bonds. The minimum atomic E-state index is -0.502. The van der Waals surface area contributed by atoms with Crippen molar-refractivity contribution in [3.63, 3.8) is 0 Å². The Hall–Kier alpha value is -2.08. The average molecular weight is 265 g/mol. The fourth-order valence-electron chi connectivity index (χ4n) is 2.02. The minimum absolute atomic E-state index is 0.146. The molecule has 2 rings (SSSR count). The first-order chi connectivity index (χ1) is 9.02. The normalized spacial score (nSPS) is 12.8. The summed E-state index contributed by atoms with van der Waals surface area (Å²) in [4.78, 5) is 22.4. The van der Waals surface area contributed by atoms with Crippen molar-refractivity contribution in [3.8, 4) is 17.2 Å². The molecule has 0 radical (unpaired) electrons. The number of methoxy groups -OCH3 is 1. The van der Waals surface area contributed by atoms with Gasteiger partial charge in [-0.3, -0.25) is 9.59 Å². The van der Waals surface area contributed by atoms with Crippen LogP contribution in [0.25, 0.3) is 0 Å². The minimum Gasteiger partial charge on any atom is -0.493 e. The Labute approximate surface area is 110 Å². The molecule has 1 heterocycles. The first-order valence-electron chi connectivity index (χ1n) is 5.83. The lowest BCUT2D eigenvalue weighted by Gasteiger charge is -2.16. The first kappa shape index (κ1) is 13.4. The fraction of sp³-hybridized carbons (Fsp3) is 0.385. The average Bonchev–Trinajstić information content (AvgIpc) is 2.78. The van der Waals surface area contributed by atoms with Crippen molar-refractivity contribution in [1.82, 2.24) is 5.32 Å². The zero-order valence-electron chi connectivity index (χ0n) is 11.0. The quantitative estimate of drug-likeness (QED) is 0.652. The summed E-state index contributed by atoms with van der Waals surface area (Å²) in [5.41, 5.74) is 1.77. The van der Waals surface area contributed by atoms with Gasteiger partial charge in [-0.25, -0.2) is 0 Å². The van der Waals surface area contributed by atoms with E-state index in [0.29, 0.717) is 18.8 Å². The van der Waals surface area contributed by atoms with E-state index in [2.05, 4.69) is 5.32 Å². The molecule has 0 saturated heterocycles. The van der Waals surface area contributed by atoms with Crippen LogP contribution < -0.4 is 19.5 Å². The van der Waals surface area contributed by atoms with Crippen molar-refractivity contribution >= 4 is 11.9 Å². The van der Waals surface area contributed by atoms with Crippen LogP contribution in [-0.2, 0) is 22.7 Å². The smallest absolute Gasteiger partial charge is 0.308 e. The summed E-state index contributed by atoms with van der Waals surface area (Å²) in [6.45, 7) is 3.78. The maximum absolute atomic E-state index is 11.2. The number of carbonyl (C=O) groups excluding carboxylic acids is 2. The second kappa shape index (κ2) is 5.27. The molecule has 0 saturated carbocycles. The molecule has 0 unspecified atom stereocenters. The van der Waals surface area contributed by atoms with Crippen molar-refractivity contribution in [2.45, 2.75) is 26.9 Å². The van der Waals surface area contributed by atoms with Crippen LogP contribution in [0.3, 0.4) is 0 Å². The number of fused-ring (bicyclic) bond motifs is 1. The molecule has 19 heavy (non-hydrogen) atoms. The number of hydrogen-bond acceptors (Lipinski definition) is 6. The highest BCUT2D eigenvalue weighted by Gasteiger charge is 2.26. The Morgan fingerprint density at radius 3 is 2.32 bits per heavy atom.